The van der Waals surface area contributed by atoms with Crippen LogP contribution < -0.4 is 15.6 Å². The largest absolute Gasteiger partial charge is 0.495 e. The van der Waals surface area contributed by atoms with Gasteiger partial charge in [0, 0.05) is 5.39 Å². The quantitative estimate of drug-likeness (QED) is 0.632. The van der Waals surface area contributed by atoms with Gasteiger partial charge in [-0.2, -0.15) is 5.10 Å². The average Bonchev–Trinajstić information content (AvgIpc) is 2.70. The van der Waals surface area contributed by atoms with E-state index in [0.29, 0.717) is 27.9 Å². The van der Waals surface area contributed by atoms with Crippen LogP contribution in [0.25, 0.3) is 10.8 Å². The lowest BCUT2D eigenvalue weighted by Crippen LogP contribution is -2.30. The standard InChI is InChI=1S/C20H19N3O5/c1-12(19(25)21-15-9-5-6-10-17(15)27-2)28-18(24)11-16-13-7-3-4-8-14(13)20(26)23-22-16/h3-10,12H,11H2,1-2H3,(H,21,25)(H,23,26)/t12-/m0/s1. The zero-order chi connectivity index (χ0) is 20.1. The van der Waals surface area contributed by atoms with Gasteiger partial charge in [-0.05, 0) is 25.1 Å². The number of aromatic nitrogens is 2. The summed E-state index contributed by atoms with van der Waals surface area (Å²) in [5, 5.41) is 9.96. The Kier molecular flexibility index (Phi) is 5.69. The summed E-state index contributed by atoms with van der Waals surface area (Å²) in [5.74, 6) is -0.622. The zero-order valence-corrected chi connectivity index (χ0v) is 15.4. The van der Waals surface area contributed by atoms with Crippen molar-refractivity contribution in [2.75, 3.05) is 12.4 Å². The fourth-order valence-electron chi connectivity index (χ4n) is 2.72. The Labute approximate surface area is 160 Å². The molecule has 0 aliphatic heterocycles. The molecule has 0 saturated carbocycles. The van der Waals surface area contributed by atoms with Gasteiger partial charge >= 0.3 is 5.97 Å². The number of H-pyrrole nitrogens is 1. The maximum Gasteiger partial charge on any atom is 0.312 e. The first-order valence-electron chi connectivity index (χ1n) is 8.59. The topological polar surface area (TPSA) is 110 Å². The first-order valence-corrected chi connectivity index (χ1v) is 8.59. The van der Waals surface area contributed by atoms with Crippen LogP contribution in [0, 0.1) is 0 Å². The van der Waals surface area contributed by atoms with E-state index in [4.69, 9.17) is 9.47 Å². The number of nitrogens with zero attached hydrogens (tertiary/aromatic N) is 1. The zero-order valence-electron chi connectivity index (χ0n) is 15.4. The lowest BCUT2D eigenvalue weighted by Gasteiger charge is -2.15. The normalized spacial score (nSPS) is 11.6. The molecule has 28 heavy (non-hydrogen) atoms. The number of esters is 1. The summed E-state index contributed by atoms with van der Waals surface area (Å²) in [6.07, 6.45) is -1.20. The highest BCUT2D eigenvalue weighted by molar-refractivity contribution is 5.96. The maximum atomic E-state index is 12.3. The Morgan fingerprint density at radius 2 is 1.79 bits per heavy atom. The van der Waals surface area contributed by atoms with E-state index in [2.05, 4.69) is 15.5 Å². The Bertz CT molecular complexity index is 1080. The molecule has 2 aromatic carbocycles. The summed E-state index contributed by atoms with van der Waals surface area (Å²) in [7, 11) is 1.50. The van der Waals surface area contributed by atoms with Crippen LogP contribution >= 0.6 is 0 Å². The predicted octanol–water partition coefficient (Wildman–Crippen LogP) is 2.04. The SMILES string of the molecule is COc1ccccc1NC(=O)[C@H](C)OC(=O)Cc1n[nH]c(=O)c2ccccc12. The molecule has 0 fully saturated rings. The number of methoxy groups -OCH3 is 1. The van der Waals surface area contributed by atoms with Gasteiger partial charge in [0.05, 0.1) is 30.3 Å². The molecule has 2 N–H and O–H groups in total. The molecule has 144 valence electrons. The van der Waals surface area contributed by atoms with Crippen molar-refractivity contribution >= 4 is 28.3 Å². The number of carbonyl (C=O) groups excluding carboxylic acids is 2. The molecular weight excluding hydrogens is 362 g/mol. The Hall–Kier alpha value is -3.68. The fourth-order valence-corrected chi connectivity index (χ4v) is 2.72. The average molecular weight is 381 g/mol. The number of amides is 1. The molecule has 1 amide bonds. The van der Waals surface area contributed by atoms with E-state index in [1.807, 2.05) is 0 Å². The highest BCUT2D eigenvalue weighted by Crippen LogP contribution is 2.23. The van der Waals surface area contributed by atoms with E-state index < -0.39 is 18.0 Å². The molecule has 1 aromatic heterocycles. The van der Waals surface area contributed by atoms with Gasteiger partial charge in [0.25, 0.3) is 11.5 Å². The van der Waals surface area contributed by atoms with Crippen LogP contribution in [0.4, 0.5) is 5.69 Å². The minimum absolute atomic E-state index is 0.177. The third-order valence-corrected chi connectivity index (χ3v) is 4.13. The van der Waals surface area contributed by atoms with E-state index in [0.717, 1.165) is 0 Å². The number of benzene rings is 2. The Morgan fingerprint density at radius 1 is 1.11 bits per heavy atom. The third kappa shape index (κ3) is 4.17. The molecule has 8 heteroatoms. The second kappa shape index (κ2) is 8.34. The summed E-state index contributed by atoms with van der Waals surface area (Å²) < 4.78 is 10.4. The van der Waals surface area contributed by atoms with Crippen LogP contribution in [0.1, 0.15) is 12.6 Å². The van der Waals surface area contributed by atoms with Gasteiger partial charge in [0.15, 0.2) is 6.10 Å². The monoisotopic (exact) mass is 381 g/mol. The van der Waals surface area contributed by atoms with E-state index >= 15 is 0 Å². The van der Waals surface area contributed by atoms with Gasteiger partial charge in [-0.25, -0.2) is 5.10 Å². The second-order valence-corrected chi connectivity index (χ2v) is 6.04. The number of anilines is 1. The Morgan fingerprint density at radius 3 is 2.54 bits per heavy atom. The van der Waals surface area contributed by atoms with Gasteiger partial charge < -0.3 is 14.8 Å². The van der Waals surface area contributed by atoms with Crippen molar-refractivity contribution in [3.05, 3.63) is 64.6 Å². The number of nitrogens with one attached hydrogen (secondary N) is 2. The highest BCUT2D eigenvalue weighted by atomic mass is 16.5. The van der Waals surface area contributed by atoms with E-state index in [-0.39, 0.29) is 12.0 Å². The number of hydrogen-bond donors (Lipinski definition) is 2. The summed E-state index contributed by atoms with van der Waals surface area (Å²) in [5.41, 5.74) is 0.515. The molecule has 8 nitrogen and oxygen atoms in total. The minimum atomic E-state index is -1.02. The summed E-state index contributed by atoms with van der Waals surface area (Å²) >= 11 is 0. The lowest BCUT2D eigenvalue weighted by molar-refractivity contribution is -0.152. The number of rotatable bonds is 6. The number of ether oxygens (including phenoxy) is 2. The number of para-hydroxylation sites is 2. The molecule has 0 aliphatic rings. The van der Waals surface area contributed by atoms with Gasteiger partial charge in [0.2, 0.25) is 0 Å². The van der Waals surface area contributed by atoms with E-state index in [9.17, 15) is 14.4 Å². The first kappa shape index (κ1) is 19.1. The second-order valence-electron chi connectivity index (χ2n) is 6.04. The summed E-state index contributed by atoms with van der Waals surface area (Å²) in [6.45, 7) is 1.47. The highest BCUT2D eigenvalue weighted by Gasteiger charge is 2.20. The van der Waals surface area contributed by atoms with Gasteiger partial charge in [-0.3, -0.25) is 14.4 Å². The molecule has 0 aliphatic carbocycles. The number of hydrogen-bond acceptors (Lipinski definition) is 6. The van der Waals surface area contributed by atoms with Crippen LogP contribution in [0.3, 0.4) is 0 Å². The van der Waals surface area contributed by atoms with Crippen LogP contribution in [0.15, 0.2) is 53.3 Å². The molecule has 1 atom stereocenters. The smallest absolute Gasteiger partial charge is 0.312 e. The molecule has 0 spiro atoms. The Balaban J connectivity index is 1.67. The van der Waals surface area contributed by atoms with Crippen molar-refractivity contribution in [2.24, 2.45) is 0 Å². The van der Waals surface area contributed by atoms with Crippen molar-refractivity contribution in [3.8, 4) is 5.75 Å². The van der Waals surface area contributed by atoms with Crippen molar-refractivity contribution in [1.29, 1.82) is 0 Å². The molecule has 3 aromatic rings. The third-order valence-electron chi connectivity index (χ3n) is 4.13. The van der Waals surface area contributed by atoms with Crippen LogP contribution in [0.2, 0.25) is 0 Å². The fraction of sp³-hybridized carbons (Fsp3) is 0.200. The van der Waals surface area contributed by atoms with Crippen molar-refractivity contribution in [1.82, 2.24) is 10.2 Å². The minimum Gasteiger partial charge on any atom is -0.495 e. The molecule has 0 unspecified atom stereocenters. The molecule has 3 rings (SSSR count). The summed E-state index contributed by atoms with van der Waals surface area (Å²) in [4.78, 5) is 36.4. The van der Waals surface area contributed by atoms with Gasteiger partial charge in [-0.1, -0.05) is 30.3 Å². The maximum absolute atomic E-state index is 12.3. The summed E-state index contributed by atoms with van der Waals surface area (Å²) in [6, 6.07) is 13.7. The number of fused-ring (bicyclic) bond motifs is 1. The molecular formula is C20H19N3O5. The van der Waals surface area contributed by atoms with Crippen molar-refractivity contribution < 1.29 is 19.1 Å². The van der Waals surface area contributed by atoms with Crippen LogP contribution in [-0.2, 0) is 20.7 Å². The number of aromatic amines is 1. The van der Waals surface area contributed by atoms with Crippen LogP contribution in [0.5, 0.6) is 5.75 Å². The van der Waals surface area contributed by atoms with Crippen LogP contribution in [-0.4, -0.2) is 35.3 Å². The molecule has 0 bridgehead atoms. The molecule has 1 heterocycles. The van der Waals surface area contributed by atoms with Gasteiger partial charge in [0.1, 0.15) is 5.75 Å². The van der Waals surface area contributed by atoms with E-state index in [1.54, 1.807) is 48.5 Å². The lowest BCUT2D eigenvalue weighted by atomic mass is 10.1. The first-order chi connectivity index (χ1) is 13.5. The van der Waals surface area contributed by atoms with Crippen molar-refractivity contribution in [2.45, 2.75) is 19.4 Å². The number of carbonyl (C=O) groups is 2. The predicted molar refractivity (Wildman–Crippen MR) is 103 cm³/mol. The molecule has 0 saturated heterocycles. The van der Waals surface area contributed by atoms with E-state index in [1.165, 1.54) is 14.0 Å². The van der Waals surface area contributed by atoms with Gasteiger partial charge in [-0.15, -0.1) is 0 Å². The van der Waals surface area contributed by atoms with Crippen molar-refractivity contribution in [3.63, 3.8) is 0 Å². The molecule has 0 radical (unpaired) electrons.